The number of hydrogen-bond acceptors (Lipinski definition) is 3. The van der Waals surface area contributed by atoms with Gasteiger partial charge in [-0.1, -0.05) is 13.8 Å². The molecular weight excluding hydrogens is 218 g/mol. The molecule has 0 aromatic heterocycles. The molecular formula is C13H23NO3. The fourth-order valence-corrected chi connectivity index (χ4v) is 3.10. The highest BCUT2D eigenvalue weighted by molar-refractivity contribution is 5.71. The lowest BCUT2D eigenvalue weighted by Crippen LogP contribution is -2.41. The molecule has 0 spiro atoms. The van der Waals surface area contributed by atoms with Crippen LogP contribution in [0.4, 0.5) is 0 Å². The number of hydrogen-bond donors (Lipinski definition) is 1. The molecule has 0 aromatic rings. The molecule has 4 unspecified atom stereocenters. The predicted molar refractivity (Wildman–Crippen MR) is 64.9 cm³/mol. The van der Waals surface area contributed by atoms with Gasteiger partial charge in [0.25, 0.3) is 0 Å². The summed E-state index contributed by atoms with van der Waals surface area (Å²) in [5, 5.41) is 9.15. The number of ether oxygens (including phenoxy) is 1. The SMILES string of the molecule is CCC1CC(N2CC(C)C(C(=O)O)C2)CCO1. The van der Waals surface area contributed by atoms with Gasteiger partial charge in [-0.05, 0) is 25.2 Å². The summed E-state index contributed by atoms with van der Waals surface area (Å²) >= 11 is 0. The van der Waals surface area contributed by atoms with Gasteiger partial charge in [-0.3, -0.25) is 9.69 Å². The zero-order valence-corrected chi connectivity index (χ0v) is 10.8. The molecule has 0 aromatic carbocycles. The molecule has 4 atom stereocenters. The van der Waals surface area contributed by atoms with Crippen molar-refractivity contribution in [1.29, 1.82) is 0 Å². The van der Waals surface area contributed by atoms with Crippen LogP contribution in [-0.4, -0.2) is 47.8 Å². The Labute approximate surface area is 103 Å². The Morgan fingerprint density at radius 2 is 2.24 bits per heavy atom. The zero-order valence-electron chi connectivity index (χ0n) is 10.8. The van der Waals surface area contributed by atoms with Gasteiger partial charge in [0.15, 0.2) is 0 Å². The normalized spacial score (nSPS) is 39.4. The molecule has 0 aliphatic carbocycles. The van der Waals surface area contributed by atoms with Crippen LogP contribution in [0.5, 0.6) is 0 Å². The Morgan fingerprint density at radius 3 is 2.82 bits per heavy atom. The summed E-state index contributed by atoms with van der Waals surface area (Å²) in [5.74, 6) is -0.549. The summed E-state index contributed by atoms with van der Waals surface area (Å²) in [4.78, 5) is 13.5. The van der Waals surface area contributed by atoms with Crippen LogP contribution in [0.1, 0.15) is 33.1 Å². The summed E-state index contributed by atoms with van der Waals surface area (Å²) in [5.41, 5.74) is 0. The van der Waals surface area contributed by atoms with Crippen LogP contribution >= 0.6 is 0 Å². The van der Waals surface area contributed by atoms with E-state index in [9.17, 15) is 4.79 Å². The molecule has 4 heteroatoms. The van der Waals surface area contributed by atoms with Crippen LogP contribution in [0.15, 0.2) is 0 Å². The minimum atomic E-state index is -0.640. The molecule has 2 heterocycles. The first kappa shape index (κ1) is 12.8. The molecule has 2 rings (SSSR count). The highest BCUT2D eigenvalue weighted by atomic mass is 16.5. The second-order valence-electron chi connectivity index (χ2n) is 5.46. The van der Waals surface area contributed by atoms with E-state index in [2.05, 4.69) is 18.7 Å². The highest BCUT2D eigenvalue weighted by Gasteiger charge is 2.38. The quantitative estimate of drug-likeness (QED) is 0.815. The van der Waals surface area contributed by atoms with Gasteiger partial charge in [-0.2, -0.15) is 0 Å². The maximum atomic E-state index is 11.1. The van der Waals surface area contributed by atoms with Crippen LogP contribution in [0.3, 0.4) is 0 Å². The molecule has 0 radical (unpaired) electrons. The van der Waals surface area contributed by atoms with Crippen molar-refractivity contribution in [3.05, 3.63) is 0 Å². The fraction of sp³-hybridized carbons (Fsp3) is 0.923. The number of likely N-dealkylation sites (tertiary alicyclic amines) is 1. The van der Waals surface area contributed by atoms with Crippen molar-refractivity contribution in [3.8, 4) is 0 Å². The Kier molecular flexibility index (Phi) is 4.05. The molecule has 2 saturated heterocycles. The molecule has 0 saturated carbocycles. The topological polar surface area (TPSA) is 49.8 Å². The third kappa shape index (κ3) is 2.80. The van der Waals surface area contributed by atoms with Gasteiger partial charge in [-0.15, -0.1) is 0 Å². The summed E-state index contributed by atoms with van der Waals surface area (Å²) in [6, 6.07) is 0.528. The van der Waals surface area contributed by atoms with E-state index in [1.807, 2.05) is 0 Å². The number of carboxylic acids is 1. The summed E-state index contributed by atoms with van der Waals surface area (Å²) in [7, 11) is 0. The largest absolute Gasteiger partial charge is 0.481 e. The average molecular weight is 241 g/mol. The van der Waals surface area contributed by atoms with Crippen LogP contribution in [0, 0.1) is 11.8 Å². The summed E-state index contributed by atoms with van der Waals surface area (Å²) in [6.07, 6.45) is 3.54. The van der Waals surface area contributed by atoms with E-state index < -0.39 is 5.97 Å². The fourth-order valence-electron chi connectivity index (χ4n) is 3.10. The first-order valence-electron chi connectivity index (χ1n) is 6.70. The Morgan fingerprint density at radius 1 is 1.47 bits per heavy atom. The second kappa shape index (κ2) is 5.36. The van der Waals surface area contributed by atoms with Crippen molar-refractivity contribution < 1.29 is 14.6 Å². The van der Waals surface area contributed by atoms with E-state index in [4.69, 9.17) is 9.84 Å². The van der Waals surface area contributed by atoms with Crippen molar-refractivity contribution in [1.82, 2.24) is 4.90 Å². The molecule has 2 fully saturated rings. The van der Waals surface area contributed by atoms with Gasteiger partial charge < -0.3 is 9.84 Å². The Balaban J connectivity index is 1.93. The third-order valence-electron chi connectivity index (χ3n) is 4.27. The lowest BCUT2D eigenvalue weighted by molar-refractivity contribution is -0.142. The third-order valence-corrected chi connectivity index (χ3v) is 4.27. The molecule has 98 valence electrons. The molecule has 0 amide bonds. The van der Waals surface area contributed by atoms with Gasteiger partial charge in [0.1, 0.15) is 0 Å². The van der Waals surface area contributed by atoms with Crippen LogP contribution in [0.2, 0.25) is 0 Å². The summed E-state index contributed by atoms with van der Waals surface area (Å²) < 4.78 is 5.68. The second-order valence-corrected chi connectivity index (χ2v) is 5.46. The molecule has 0 bridgehead atoms. The first-order chi connectivity index (χ1) is 8.11. The van der Waals surface area contributed by atoms with E-state index in [1.165, 1.54) is 0 Å². The molecule has 2 aliphatic rings. The Hall–Kier alpha value is -0.610. The molecule has 2 aliphatic heterocycles. The van der Waals surface area contributed by atoms with Crippen molar-refractivity contribution in [2.75, 3.05) is 19.7 Å². The van der Waals surface area contributed by atoms with Crippen LogP contribution in [-0.2, 0) is 9.53 Å². The van der Waals surface area contributed by atoms with Crippen molar-refractivity contribution in [2.45, 2.75) is 45.3 Å². The monoisotopic (exact) mass is 241 g/mol. The van der Waals surface area contributed by atoms with Crippen LogP contribution in [0.25, 0.3) is 0 Å². The molecule has 4 nitrogen and oxygen atoms in total. The lowest BCUT2D eigenvalue weighted by Gasteiger charge is -2.35. The highest BCUT2D eigenvalue weighted by Crippen LogP contribution is 2.29. The number of carbonyl (C=O) groups is 1. The molecule has 1 N–H and O–H groups in total. The lowest BCUT2D eigenvalue weighted by atomic mass is 9.99. The van der Waals surface area contributed by atoms with Gasteiger partial charge in [0.2, 0.25) is 0 Å². The smallest absolute Gasteiger partial charge is 0.308 e. The number of rotatable bonds is 3. The van der Waals surface area contributed by atoms with Gasteiger partial charge in [-0.25, -0.2) is 0 Å². The Bertz CT molecular complexity index is 282. The van der Waals surface area contributed by atoms with Gasteiger partial charge in [0.05, 0.1) is 12.0 Å². The maximum absolute atomic E-state index is 11.1. The van der Waals surface area contributed by atoms with E-state index in [1.54, 1.807) is 0 Å². The number of nitrogens with zero attached hydrogens (tertiary/aromatic N) is 1. The van der Waals surface area contributed by atoms with E-state index in [0.717, 1.165) is 39.0 Å². The zero-order chi connectivity index (χ0) is 12.4. The van der Waals surface area contributed by atoms with Gasteiger partial charge in [0, 0.05) is 25.7 Å². The van der Waals surface area contributed by atoms with Crippen molar-refractivity contribution in [3.63, 3.8) is 0 Å². The summed E-state index contributed by atoms with van der Waals surface area (Å²) in [6.45, 7) is 6.68. The van der Waals surface area contributed by atoms with Gasteiger partial charge >= 0.3 is 5.97 Å². The van der Waals surface area contributed by atoms with E-state index in [0.29, 0.717) is 12.1 Å². The van der Waals surface area contributed by atoms with E-state index in [-0.39, 0.29) is 11.8 Å². The number of aliphatic carboxylic acids is 1. The minimum Gasteiger partial charge on any atom is -0.481 e. The average Bonchev–Trinajstić information content (AvgIpc) is 2.71. The maximum Gasteiger partial charge on any atom is 0.308 e. The van der Waals surface area contributed by atoms with Crippen LogP contribution < -0.4 is 0 Å². The van der Waals surface area contributed by atoms with Crippen molar-refractivity contribution >= 4 is 5.97 Å². The molecule has 17 heavy (non-hydrogen) atoms. The standard InChI is InChI=1S/C13H23NO3/c1-3-11-6-10(4-5-17-11)14-7-9(2)12(8-14)13(15)16/h9-12H,3-8H2,1-2H3,(H,15,16). The van der Waals surface area contributed by atoms with Crippen molar-refractivity contribution in [2.24, 2.45) is 11.8 Å². The number of carboxylic acid groups (broad SMARTS) is 1. The predicted octanol–water partition coefficient (Wildman–Crippen LogP) is 1.60. The minimum absolute atomic E-state index is 0.182. The first-order valence-corrected chi connectivity index (χ1v) is 6.70. The van der Waals surface area contributed by atoms with E-state index >= 15 is 0 Å².